The zero-order valence-corrected chi connectivity index (χ0v) is 18.0. The van der Waals surface area contributed by atoms with Gasteiger partial charge < -0.3 is 15.1 Å². The van der Waals surface area contributed by atoms with Gasteiger partial charge in [0.25, 0.3) is 0 Å². The summed E-state index contributed by atoms with van der Waals surface area (Å²) in [5, 5.41) is 9.88. The van der Waals surface area contributed by atoms with E-state index >= 15 is 0 Å². The summed E-state index contributed by atoms with van der Waals surface area (Å²) in [5.74, 6) is -3.74. The van der Waals surface area contributed by atoms with Crippen molar-refractivity contribution < 1.29 is 22.0 Å². The van der Waals surface area contributed by atoms with E-state index in [4.69, 9.17) is 4.42 Å². The van der Waals surface area contributed by atoms with Gasteiger partial charge >= 0.3 is 0 Å². The van der Waals surface area contributed by atoms with E-state index in [1.807, 2.05) is 6.07 Å². The van der Waals surface area contributed by atoms with E-state index in [-0.39, 0.29) is 5.56 Å². The smallest absolute Gasteiger partial charge is 0.170 e. The van der Waals surface area contributed by atoms with Crippen molar-refractivity contribution in [3.8, 4) is 11.1 Å². The molecule has 5 rings (SSSR count). The molecule has 2 unspecified atom stereocenters. The van der Waals surface area contributed by atoms with Gasteiger partial charge in [-0.05, 0) is 18.2 Å². The minimum Gasteiger partial charge on any atom is -0.469 e. The van der Waals surface area contributed by atoms with Crippen LogP contribution < -0.4 is 10.6 Å². The third kappa shape index (κ3) is 4.03. The Kier molecular flexibility index (Phi) is 5.78. The molecule has 0 radical (unpaired) electrons. The first kappa shape index (κ1) is 22.1. The molecule has 0 saturated heterocycles. The van der Waals surface area contributed by atoms with Crippen LogP contribution in [0.3, 0.4) is 0 Å². The Labute approximate surface area is 191 Å². The minimum absolute atomic E-state index is 0.0562. The van der Waals surface area contributed by atoms with Crippen molar-refractivity contribution in [2.75, 3.05) is 0 Å². The van der Waals surface area contributed by atoms with Crippen LogP contribution >= 0.6 is 0 Å². The van der Waals surface area contributed by atoms with E-state index in [2.05, 4.69) is 25.7 Å². The summed E-state index contributed by atoms with van der Waals surface area (Å²) in [7, 11) is 1.53. The number of hydrogen-bond acceptors (Lipinski definition) is 6. The Hall–Kier alpha value is -3.73. The van der Waals surface area contributed by atoms with E-state index in [1.54, 1.807) is 24.6 Å². The number of aliphatic imine (C=N–C) groups is 2. The lowest BCUT2D eigenvalue weighted by Gasteiger charge is -2.22. The second-order valence-electron chi connectivity index (χ2n) is 8.00. The first-order valence-corrected chi connectivity index (χ1v) is 10.6. The Balaban J connectivity index is 1.33. The molecule has 0 saturated carbocycles. The summed E-state index contributed by atoms with van der Waals surface area (Å²) in [6, 6.07) is 2.74. The van der Waals surface area contributed by atoms with Crippen molar-refractivity contribution >= 4 is 11.7 Å². The summed E-state index contributed by atoms with van der Waals surface area (Å²) in [4.78, 5) is 8.89. The van der Waals surface area contributed by atoms with Crippen molar-refractivity contribution in [1.29, 1.82) is 0 Å². The van der Waals surface area contributed by atoms with Gasteiger partial charge in [0.15, 0.2) is 23.3 Å². The van der Waals surface area contributed by atoms with Crippen LogP contribution in [-0.4, -0.2) is 33.5 Å². The normalized spacial score (nSPS) is 19.1. The molecule has 2 N–H and O–H groups in total. The molecule has 176 valence electrons. The molecule has 0 aliphatic carbocycles. The summed E-state index contributed by atoms with van der Waals surface area (Å²) < 4.78 is 65.6. The number of halogens is 4. The molecule has 7 nitrogen and oxygen atoms in total. The average Bonchev–Trinajstić information content (AvgIpc) is 3.58. The SMILES string of the molecule is Cn1cc(-c2c(F)c(F)c(CNC3C=CN=C4NC(CCc5ccco5)=NC43)c(F)c2F)cn1. The number of hydrogen-bond donors (Lipinski definition) is 2. The van der Waals surface area contributed by atoms with Crippen LogP contribution in [0.4, 0.5) is 17.6 Å². The first-order chi connectivity index (χ1) is 16.4. The number of fused-ring (bicyclic) bond motifs is 1. The quantitative estimate of drug-likeness (QED) is 0.407. The molecule has 2 atom stereocenters. The number of nitrogens with zero attached hydrogens (tertiary/aromatic N) is 4. The van der Waals surface area contributed by atoms with E-state index in [0.717, 1.165) is 12.0 Å². The monoisotopic (exact) mass is 472 g/mol. The highest BCUT2D eigenvalue weighted by Gasteiger charge is 2.33. The van der Waals surface area contributed by atoms with Crippen molar-refractivity contribution in [1.82, 2.24) is 20.4 Å². The van der Waals surface area contributed by atoms with Crippen LogP contribution in [0, 0.1) is 23.3 Å². The Morgan fingerprint density at radius 1 is 1.12 bits per heavy atom. The minimum atomic E-state index is -1.47. The third-order valence-electron chi connectivity index (χ3n) is 5.75. The molecule has 0 fully saturated rings. The molecular formula is C23H20F4N6O. The largest absolute Gasteiger partial charge is 0.469 e. The number of amidine groups is 2. The van der Waals surface area contributed by atoms with Crippen LogP contribution in [0.25, 0.3) is 11.1 Å². The number of aromatic nitrogens is 2. The maximum absolute atomic E-state index is 14.8. The second-order valence-corrected chi connectivity index (χ2v) is 8.00. The van der Waals surface area contributed by atoms with Gasteiger partial charge in [0.05, 0.1) is 24.1 Å². The third-order valence-corrected chi connectivity index (χ3v) is 5.75. The summed E-state index contributed by atoms with van der Waals surface area (Å²) in [6.07, 6.45) is 8.47. The maximum atomic E-state index is 14.8. The summed E-state index contributed by atoms with van der Waals surface area (Å²) in [6.45, 7) is -0.450. The maximum Gasteiger partial charge on any atom is 0.170 e. The molecule has 2 aliphatic heterocycles. The van der Waals surface area contributed by atoms with Crippen LogP contribution in [0.15, 0.2) is 57.5 Å². The fraction of sp³-hybridized carbons (Fsp3) is 0.261. The van der Waals surface area contributed by atoms with Gasteiger partial charge in [0.1, 0.15) is 23.5 Å². The Morgan fingerprint density at radius 2 is 1.91 bits per heavy atom. The molecule has 0 spiro atoms. The number of nitrogens with one attached hydrogen (secondary N) is 2. The molecule has 11 heteroatoms. The fourth-order valence-electron chi connectivity index (χ4n) is 4.02. The van der Waals surface area contributed by atoms with Gasteiger partial charge in [0, 0.05) is 50.0 Å². The highest BCUT2D eigenvalue weighted by Crippen LogP contribution is 2.32. The standard InChI is InChI=1S/C23H20F4N6O/c1-33-11-12(9-30-33)17-20(26)18(24)14(19(25)21(17)27)10-29-15-6-7-28-23-22(15)31-16(32-23)5-4-13-3-2-8-34-13/h2-3,6-9,11,15,22,29H,4-5,10H2,1H3,(H,28,31,32). The highest BCUT2D eigenvalue weighted by atomic mass is 19.2. The predicted octanol–water partition coefficient (Wildman–Crippen LogP) is 3.62. The van der Waals surface area contributed by atoms with Gasteiger partial charge in [-0.15, -0.1) is 0 Å². The van der Waals surface area contributed by atoms with Crippen LogP contribution in [0.1, 0.15) is 17.7 Å². The number of aryl methyl sites for hydroxylation is 2. The topological polar surface area (TPSA) is 79.7 Å². The average molecular weight is 472 g/mol. The predicted molar refractivity (Wildman–Crippen MR) is 117 cm³/mol. The number of benzene rings is 1. The van der Waals surface area contributed by atoms with Crippen LogP contribution in [0.5, 0.6) is 0 Å². The van der Waals surface area contributed by atoms with Gasteiger partial charge in [0.2, 0.25) is 0 Å². The van der Waals surface area contributed by atoms with Crippen LogP contribution in [-0.2, 0) is 20.0 Å². The van der Waals surface area contributed by atoms with Crippen molar-refractivity contribution in [2.45, 2.75) is 31.5 Å². The van der Waals surface area contributed by atoms with E-state index in [1.165, 1.54) is 17.9 Å². The second kappa shape index (κ2) is 8.90. The van der Waals surface area contributed by atoms with Crippen molar-refractivity contribution in [3.05, 3.63) is 77.7 Å². The Bertz CT molecular complexity index is 1280. The zero-order valence-electron chi connectivity index (χ0n) is 18.0. The van der Waals surface area contributed by atoms with Gasteiger partial charge in [-0.1, -0.05) is 0 Å². The number of rotatable bonds is 7. The molecular weight excluding hydrogens is 452 g/mol. The molecule has 4 heterocycles. The molecule has 3 aromatic rings. The van der Waals surface area contributed by atoms with Crippen LogP contribution in [0.2, 0.25) is 0 Å². The zero-order chi connectivity index (χ0) is 23.8. The molecule has 1 aromatic carbocycles. The molecule has 0 bridgehead atoms. The molecule has 2 aliphatic rings. The summed E-state index contributed by atoms with van der Waals surface area (Å²) >= 11 is 0. The van der Waals surface area contributed by atoms with E-state index in [9.17, 15) is 17.6 Å². The number of furan rings is 1. The van der Waals surface area contributed by atoms with Crippen molar-refractivity contribution in [3.63, 3.8) is 0 Å². The molecule has 0 amide bonds. The Morgan fingerprint density at radius 3 is 2.59 bits per heavy atom. The lowest BCUT2D eigenvalue weighted by atomic mass is 10.0. The van der Waals surface area contributed by atoms with Gasteiger partial charge in [-0.25, -0.2) is 22.6 Å². The first-order valence-electron chi connectivity index (χ1n) is 10.6. The van der Waals surface area contributed by atoms with E-state index in [0.29, 0.717) is 24.5 Å². The van der Waals surface area contributed by atoms with Gasteiger partial charge in [-0.3, -0.25) is 9.67 Å². The van der Waals surface area contributed by atoms with Crippen molar-refractivity contribution in [2.24, 2.45) is 17.0 Å². The van der Waals surface area contributed by atoms with E-state index < -0.39 is 53.0 Å². The molecule has 34 heavy (non-hydrogen) atoms. The molecule has 2 aromatic heterocycles. The summed E-state index contributed by atoms with van der Waals surface area (Å²) in [5.41, 5.74) is -1.57. The highest BCUT2D eigenvalue weighted by molar-refractivity contribution is 6.09. The van der Waals surface area contributed by atoms with Gasteiger partial charge in [-0.2, -0.15) is 5.10 Å². The fourth-order valence-corrected chi connectivity index (χ4v) is 4.02. The lowest BCUT2D eigenvalue weighted by molar-refractivity contribution is 0.430. The lowest BCUT2D eigenvalue weighted by Crippen LogP contribution is -2.44.